The summed E-state index contributed by atoms with van der Waals surface area (Å²) in [5.41, 5.74) is 1.62. The molecule has 1 unspecified atom stereocenters. The summed E-state index contributed by atoms with van der Waals surface area (Å²) in [5, 5.41) is 19.0. The van der Waals surface area contributed by atoms with Gasteiger partial charge in [-0.1, -0.05) is 36.4 Å². The normalized spacial score (nSPS) is 14.8. The molecule has 2 aromatic carbocycles. The van der Waals surface area contributed by atoms with Crippen molar-refractivity contribution in [3.05, 3.63) is 60.4 Å². The van der Waals surface area contributed by atoms with Crippen LogP contribution in [0.5, 0.6) is 5.75 Å². The second kappa shape index (κ2) is 11.9. The van der Waals surface area contributed by atoms with Gasteiger partial charge in [0.2, 0.25) is 5.91 Å². The van der Waals surface area contributed by atoms with Crippen LogP contribution < -0.4 is 9.64 Å². The van der Waals surface area contributed by atoms with Crippen LogP contribution in [0.4, 0.5) is 5.69 Å². The van der Waals surface area contributed by atoms with Crippen molar-refractivity contribution in [2.45, 2.75) is 37.4 Å². The average Bonchev–Trinajstić information content (AvgIpc) is 3.35. The van der Waals surface area contributed by atoms with Crippen molar-refractivity contribution in [1.82, 2.24) is 19.7 Å². The Morgan fingerprint density at radius 2 is 1.83 bits per heavy atom. The lowest BCUT2D eigenvalue weighted by Gasteiger charge is -2.31. The quantitative estimate of drug-likeness (QED) is 0.323. The van der Waals surface area contributed by atoms with E-state index < -0.39 is 0 Å². The molecule has 1 aliphatic heterocycles. The zero-order valence-corrected chi connectivity index (χ0v) is 20.9. The number of rotatable bonds is 9. The van der Waals surface area contributed by atoms with Crippen molar-refractivity contribution < 1.29 is 9.53 Å². The van der Waals surface area contributed by atoms with Gasteiger partial charge in [0.1, 0.15) is 12.3 Å². The number of carbonyl (C=O) groups excluding carboxylic acids is 1. The molecule has 0 saturated carbocycles. The monoisotopic (exact) mass is 490 g/mol. The zero-order valence-electron chi connectivity index (χ0n) is 20.1. The third kappa shape index (κ3) is 5.84. The number of para-hydroxylation sites is 1. The maximum absolute atomic E-state index is 13.1. The van der Waals surface area contributed by atoms with Gasteiger partial charge < -0.3 is 4.74 Å². The Balaban J connectivity index is 1.60. The number of piperidine rings is 1. The Morgan fingerprint density at radius 3 is 2.49 bits per heavy atom. The second-order valence-electron chi connectivity index (χ2n) is 8.41. The van der Waals surface area contributed by atoms with Gasteiger partial charge >= 0.3 is 0 Å². The lowest BCUT2D eigenvalue weighted by molar-refractivity contribution is -0.116. The maximum atomic E-state index is 13.1. The summed E-state index contributed by atoms with van der Waals surface area (Å²) in [6, 6.07) is 19.2. The van der Waals surface area contributed by atoms with Gasteiger partial charge in [0.15, 0.2) is 11.0 Å². The van der Waals surface area contributed by atoms with Crippen LogP contribution in [0, 0.1) is 11.3 Å². The minimum atomic E-state index is -0.155. The molecule has 1 fully saturated rings. The SMILES string of the molecule is COc1ccc(-n2c(SCC(=O)N(CC#N)c3ccccc3)nnc2C(C)N2CCCCC2)cc1. The fourth-order valence-electron chi connectivity index (χ4n) is 4.29. The number of ether oxygens (including phenoxy) is 1. The summed E-state index contributed by atoms with van der Waals surface area (Å²) in [6.07, 6.45) is 3.63. The highest BCUT2D eigenvalue weighted by molar-refractivity contribution is 7.99. The number of likely N-dealkylation sites (tertiary alicyclic amines) is 1. The Hall–Kier alpha value is -3.35. The van der Waals surface area contributed by atoms with Crippen molar-refractivity contribution in [2.24, 2.45) is 0 Å². The molecule has 35 heavy (non-hydrogen) atoms. The lowest BCUT2D eigenvalue weighted by Crippen LogP contribution is -2.33. The highest BCUT2D eigenvalue weighted by Crippen LogP contribution is 2.30. The van der Waals surface area contributed by atoms with E-state index in [4.69, 9.17) is 4.74 Å². The highest BCUT2D eigenvalue weighted by Gasteiger charge is 2.26. The van der Waals surface area contributed by atoms with E-state index in [1.165, 1.54) is 35.9 Å². The first-order chi connectivity index (χ1) is 17.1. The van der Waals surface area contributed by atoms with Gasteiger partial charge in [-0.2, -0.15) is 5.26 Å². The molecule has 1 atom stereocenters. The van der Waals surface area contributed by atoms with Gasteiger partial charge in [0.05, 0.1) is 25.0 Å². The molecule has 1 saturated heterocycles. The third-order valence-electron chi connectivity index (χ3n) is 6.22. The van der Waals surface area contributed by atoms with E-state index in [-0.39, 0.29) is 24.2 Å². The maximum Gasteiger partial charge on any atom is 0.238 e. The van der Waals surface area contributed by atoms with Crippen LogP contribution in [0.2, 0.25) is 0 Å². The van der Waals surface area contributed by atoms with Crippen LogP contribution in [0.15, 0.2) is 59.8 Å². The number of anilines is 1. The lowest BCUT2D eigenvalue weighted by atomic mass is 10.1. The molecular weight excluding hydrogens is 460 g/mol. The van der Waals surface area contributed by atoms with E-state index in [1.54, 1.807) is 7.11 Å². The van der Waals surface area contributed by atoms with E-state index in [0.29, 0.717) is 10.8 Å². The molecule has 0 aliphatic carbocycles. The number of amides is 1. The molecule has 1 amide bonds. The van der Waals surface area contributed by atoms with Crippen LogP contribution in [0.1, 0.15) is 38.1 Å². The topological polar surface area (TPSA) is 87.3 Å². The average molecular weight is 491 g/mol. The van der Waals surface area contributed by atoms with Crippen molar-refractivity contribution in [3.8, 4) is 17.5 Å². The predicted octanol–water partition coefficient (Wildman–Crippen LogP) is 4.47. The van der Waals surface area contributed by atoms with E-state index in [2.05, 4.69) is 28.1 Å². The predicted molar refractivity (Wildman–Crippen MR) is 137 cm³/mol. The standard InChI is InChI=1S/C26H30N6O2S/c1-20(30-16-7-4-8-17-30)25-28-29-26(32(25)22-11-13-23(34-2)14-12-22)35-19-24(33)31(18-15-27)21-9-5-3-6-10-21/h3,5-6,9-14,20H,4,7-8,16-19H2,1-2H3. The molecule has 0 N–H and O–H groups in total. The van der Waals surface area contributed by atoms with E-state index in [9.17, 15) is 10.1 Å². The second-order valence-corrected chi connectivity index (χ2v) is 9.35. The molecule has 0 spiro atoms. The molecular formula is C26H30N6O2S. The fraction of sp³-hybridized carbons (Fsp3) is 0.385. The Bertz CT molecular complexity index is 1150. The van der Waals surface area contributed by atoms with E-state index in [1.807, 2.05) is 59.2 Å². The number of methoxy groups -OCH3 is 1. The molecule has 0 radical (unpaired) electrons. The molecule has 0 bridgehead atoms. The molecule has 1 aliphatic rings. The number of aromatic nitrogens is 3. The van der Waals surface area contributed by atoms with Crippen LogP contribution in [-0.4, -0.2) is 58.1 Å². The number of nitriles is 1. The summed E-state index contributed by atoms with van der Waals surface area (Å²) in [6.45, 7) is 4.24. The summed E-state index contributed by atoms with van der Waals surface area (Å²) in [5.74, 6) is 1.61. The molecule has 8 nitrogen and oxygen atoms in total. The molecule has 2 heterocycles. The third-order valence-corrected chi connectivity index (χ3v) is 7.14. The van der Waals surface area contributed by atoms with Gasteiger partial charge in [-0.3, -0.25) is 19.2 Å². The minimum absolute atomic E-state index is 0.00811. The Morgan fingerprint density at radius 1 is 1.11 bits per heavy atom. The number of hydrogen-bond donors (Lipinski definition) is 0. The first-order valence-corrected chi connectivity index (χ1v) is 12.8. The van der Waals surface area contributed by atoms with Gasteiger partial charge in [-0.15, -0.1) is 10.2 Å². The van der Waals surface area contributed by atoms with Gasteiger partial charge in [-0.05, 0) is 69.3 Å². The number of benzene rings is 2. The van der Waals surface area contributed by atoms with E-state index in [0.717, 1.165) is 30.4 Å². The Labute approximate surface area is 210 Å². The van der Waals surface area contributed by atoms with E-state index >= 15 is 0 Å². The van der Waals surface area contributed by atoms with Crippen molar-refractivity contribution in [3.63, 3.8) is 0 Å². The number of hydrogen-bond acceptors (Lipinski definition) is 7. The minimum Gasteiger partial charge on any atom is -0.497 e. The number of carbonyl (C=O) groups is 1. The smallest absolute Gasteiger partial charge is 0.238 e. The van der Waals surface area contributed by atoms with Crippen LogP contribution in [0.25, 0.3) is 5.69 Å². The number of thioether (sulfide) groups is 1. The van der Waals surface area contributed by atoms with Crippen molar-refractivity contribution in [1.29, 1.82) is 5.26 Å². The highest BCUT2D eigenvalue weighted by atomic mass is 32.2. The van der Waals surface area contributed by atoms with Gasteiger partial charge in [-0.25, -0.2) is 0 Å². The molecule has 9 heteroatoms. The van der Waals surface area contributed by atoms with Crippen molar-refractivity contribution >= 4 is 23.4 Å². The van der Waals surface area contributed by atoms with Crippen LogP contribution >= 0.6 is 11.8 Å². The zero-order chi connectivity index (χ0) is 24.6. The molecule has 182 valence electrons. The molecule has 4 rings (SSSR count). The molecule has 1 aromatic heterocycles. The van der Waals surface area contributed by atoms with Gasteiger partial charge in [0.25, 0.3) is 0 Å². The fourth-order valence-corrected chi connectivity index (χ4v) is 5.13. The summed E-state index contributed by atoms with van der Waals surface area (Å²) in [4.78, 5) is 17.0. The first kappa shape index (κ1) is 24.8. The van der Waals surface area contributed by atoms with Crippen molar-refractivity contribution in [2.75, 3.05) is 37.4 Å². The Kier molecular flexibility index (Phi) is 8.40. The molecule has 3 aromatic rings. The summed E-state index contributed by atoms with van der Waals surface area (Å²) < 4.78 is 7.37. The van der Waals surface area contributed by atoms with Crippen LogP contribution in [0.3, 0.4) is 0 Å². The first-order valence-electron chi connectivity index (χ1n) is 11.8. The summed E-state index contributed by atoms with van der Waals surface area (Å²) >= 11 is 1.33. The summed E-state index contributed by atoms with van der Waals surface area (Å²) in [7, 11) is 1.64. The largest absolute Gasteiger partial charge is 0.497 e. The van der Waals surface area contributed by atoms with Crippen LogP contribution in [-0.2, 0) is 4.79 Å². The number of nitrogens with zero attached hydrogens (tertiary/aromatic N) is 6. The van der Waals surface area contributed by atoms with Gasteiger partial charge in [0, 0.05) is 11.4 Å².